The van der Waals surface area contributed by atoms with Crippen LogP contribution in [0, 0.1) is 0 Å². The Morgan fingerprint density at radius 1 is 1.38 bits per heavy atom. The number of allylic oxidation sites excluding steroid dienone is 3. The van der Waals surface area contributed by atoms with Crippen molar-refractivity contribution in [1.29, 1.82) is 0 Å². The minimum Gasteiger partial charge on any atom is -0.295 e. The first kappa shape index (κ1) is 15.3. The molecule has 0 saturated carbocycles. The van der Waals surface area contributed by atoms with Gasteiger partial charge in [-0.25, -0.2) is 0 Å². The highest BCUT2D eigenvalue weighted by atomic mass is 79.9. The van der Waals surface area contributed by atoms with Crippen molar-refractivity contribution in [2.75, 3.05) is 0 Å². The van der Waals surface area contributed by atoms with E-state index < -0.39 is 0 Å². The highest BCUT2D eigenvalue weighted by molar-refractivity contribution is 9.11. The molecule has 0 amide bonds. The largest absolute Gasteiger partial charge is 0.295 e. The zero-order valence-electron chi connectivity index (χ0n) is 10.3. The molecular formula is C13H20BrNO. The van der Waals surface area contributed by atoms with E-state index in [-0.39, 0.29) is 5.78 Å². The van der Waals surface area contributed by atoms with Gasteiger partial charge in [0, 0.05) is 23.3 Å². The standard InChI is InChI=1S/C13H20BrNO/c1-4-13(16)9-11(3)7-6-8-12(14)10-15-5-2/h5,9-10H,4,6-8H2,1-3H3/b11-9-,12-10+,15-5?. The molecular weight excluding hydrogens is 266 g/mol. The smallest absolute Gasteiger partial charge is 0.155 e. The van der Waals surface area contributed by atoms with E-state index in [2.05, 4.69) is 20.9 Å². The molecule has 0 bridgehead atoms. The van der Waals surface area contributed by atoms with Gasteiger partial charge in [0.05, 0.1) is 0 Å². The van der Waals surface area contributed by atoms with Gasteiger partial charge in [-0.15, -0.1) is 0 Å². The van der Waals surface area contributed by atoms with Crippen molar-refractivity contribution in [3.8, 4) is 0 Å². The normalized spacial score (nSPS) is 13.5. The average molecular weight is 286 g/mol. The molecule has 0 aliphatic heterocycles. The number of carbonyl (C=O) groups is 1. The maximum absolute atomic E-state index is 11.1. The van der Waals surface area contributed by atoms with Crippen molar-refractivity contribution in [3.63, 3.8) is 0 Å². The second kappa shape index (κ2) is 9.52. The summed E-state index contributed by atoms with van der Waals surface area (Å²) in [6.45, 7) is 5.78. The third-order valence-corrected chi connectivity index (χ3v) is 2.71. The molecule has 0 unspecified atom stereocenters. The second-order valence-electron chi connectivity index (χ2n) is 3.65. The fourth-order valence-corrected chi connectivity index (χ4v) is 1.60. The summed E-state index contributed by atoms with van der Waals surface area (Å²) in [5.74, 6) is 0.211. The molecule has 16 heavy (non-hydrogen) atoms. The number of rotatable bonds is 7. The molecule has 0 heterocycles. The topological polar surface area (TPSA) is 29.4 Å². The zero-order chi connectivity index (χ0) is 12.4. The van der Waals surface area contributed by atoms with Crippen LogP contribution >= 0.6 is 15.9 Å². The Balaban J connectivity index is 3.90. The van der Waals surface area contributed by atoms with Gasteiger partial charge in [0.15, 0.2) is 5.78 Å². The summed E-state index contributed by atoms with van der Waals surface area (Å²) in [5, 5.41) is 0. The first-order chi connectivity index (χ1) is 7.60. The van der Waals surface area contributed by atoms with E-state index in [1.54, 1.807) is 12.3 Å². The summed E-state index contributed by atoms with van der Waals surface area (Å²) >= 11 is 3.45. The molecule has 0 aliphatic rings. The van der Waals surface area contributed by atoms with Crippen LogP contribution in [0.15, 0.2) is 27.3 Å². The zero-order valence-corrected chi connectivity index (χ0v) is 11.9. The maximum Gasteiger partial charge on any atom is 0.155 e. The number of halogens is 1. The van der Waals surface area contributed by atoms with Crippen LogP contribution in [0.4, 0.5) is 0 Å². The van der Waals surface area contributed by atoms with Crippen molar-refractivity contribution in [1.82, 2.24) is 0 Å². The first-order valence-corrected chi connectivity index (χ1v) is 6.41. The predicted molar refractivity (Wildman–Crippen MR) is 74.1 cm³/mol. The van der Waals surface area contributed by atoms with Gasteiger partial charge in [-0.1, -0.05) is 28.4 Å². The van der Waals surface area contributed by atoms with E-state index in [0.717, 1.165) is 29.3 Å². The fraction of sp³-hybridized carbons (Fsp3) is 0.538. The van der Waals surface area contributed by atoms with Crippen LogP contribution in [0.3, 0.4) is 0 Å². The minimum atomic E-state index is 0.211. The molecule has 0 N–H and O–H groups in total. The highest BCUT2D eigenvalue weighted by Crippen LogP contribution is 2.16. The van der Waals surface area contributed by atoms with Gasteiger partial charge in [-0.2, -0.15) is 0 Å². The Hall–Kier alpha value is -0.700. The Kier molecular flexibility index (Phi) is 9.10. The van der Waals surface area contributed by atoms with Crippen LogP contribution in [0.5, 0.6) is 0 Å². The van der Waals surface area contributed by atoms with Crippen LogP contribution < -0.4 is 0 Å². The molecule has 0 rings (SSSR count). The van der Waals surface area contributed by atoms with Gasteiger partial charge in [-0.05, 0) is 39.2 Å². The average Bonchev–Trinajstić information content (AvgIpc) is 2.26. The van der Waals surface area contributed by atoms with Gasteiger partial charge in [0.2, 0.25) is 0 Å². The predicted octanol–water partition coefficient (Wildman–Crippen LogP) is 4.41. The number of carbonyl (C=O) groups excluding carboxylic acids is 1. The maximum atomic E-state index is 11.1. The summed E-state index contributed by atoms with van der Waals surface area (Å²) in [6.07, 6.45) is 8.87. The molecule has 0 saturated heterocycles. The SMILES string of the molecule is CC=N/C=C(/Br)CCC/C(C)=C\C(=O)CC. The van der Waals surface area contributed by atoms with E-state index in [9.17, 15) is 4.79 Å². The van der Waals surface area contributed by atoms with Gasteiger partial charge in [0.25, 0.3) is 0 Å². The molecule has 0 aromatic carbocycles. The molecule has 0 fully saturated rings. The molecule has 0 radical (unpaired) electrons. The Morgan fingerprint density at radius 3 is 2.62 bits per heavy atom. The van der Waals surface area contributed by atoms with E-state index in [0.29, 0.717) is 6.42 Å². The molecule has 0 aromatic heterocycles. The summed E-state index contributed by atoms with van der Waals surface area (Å²) in [4.78, 5) is 15.2. The van der Waals surface area contributed by atoms with Crippen LogP contribution in [0.25, 0.3) is 0 Å². The number of ketones is 1. The van der Waals surface area contributed by atoms with Crippen molar-refractivity contribution in [2.24, 2.45) is 4.99 Å². The lowest BCUT2D eigenvalue weighted by Gasteiger charge is -2.00. The lowest BCUT2D eigenvalue weighted by molar-refractivity contribution is -0.114. The highest BCUT2D eigenvalue weighted by Gasteiger charge is 1.97. The molecule has 0 atom stereocenters. The second-order valence-corrected chi connectivity index (χ2v) is 4.67. The van der Waals surface area contributed by atoms with Crippen LogP contribution in [0.1, 0.15) is 46.5 Å². The van der Waals surface area contributed by atoms with Crippen LogP contribution in [0.2, 0.25) is 0 Å². The minimum absolute atomic E-state index is 0.211. The van der Waals surface area contributed by atoms with Gasteiger partial charge in [-0.3, -0.25) is 9.79 Å². The van der Waals surface area contributed by atoms with E-state index in [4.69, 9.17) is 0 Å². The first-order valence-electron chi connectivity index (χ1n) is 5.62. The molecule has 0 spiro atoms. The molecule has 3 heteroatoms. The summed E-state index contributed by atoms with van der Waals surface area (Å²) < 4.78 is 1.10. The Bertz CT molecular complexity index is 303. The number of nitrogens with zero attached hydrogens (tertiary/aromatic N) is 1. The molecule has 0 aromatic rings. The quantitative estimate of drug-likeness (QED) is 0.503. The fourth-order valence-electron chi connectivity index (χ4n) is 1.21. The van der Waals surface area contributed by atoms with E-state index >= 15 is 0 Å². The Morgan fingerprint density at radius 2 is 2.06 bits per heavy atom. The van der Waals surface area contributed by atoms with Crippen molar-refractivity contribution < 1.29 is 4.79 Å². The van der Waals surface area contributed by atoms with Crippen LogP contribution in [-0.2, 0) is 4.79 Å². The summed E-state index contributed by atoms with van der Waals surface area (Å²) in [6, 6.07) is 0. The van der Waals surface area contributed by atoms with Gasteiger partial charge >= 0.3 is 0 Å². The third kappa shape index (κ3) is 8.60. The van der Waals surface area contributed by atoms with Gasteiger partial charge < -0.3 is 0 Å². The molecule has 0 aliphatic carbocycles. The number of hydrogen-bond acceptors (Lipinski definition) is 2. The lowest BCUT2D eigenvalue weighted by Crippen LogP contribution is -1.90. The molecule has 90 valence electrons. The lowest BCUT2D eigenvalue weighted by atomic mass is 10.1. The third-order valence-electron chi connectivity index (χ3n) is 2.11. The number of aliphatic imine (C=N–C) groups is 1. The van der Waals surface area contributed by atoms with Crippen LogP contribution in [-0.4, -0.2) is 12.0 Å². The van der Waals surface area contributed by atoms with Gasteiger partial charge in [0.1, 0.15) is 0 Å². The van der Waals surface area contributed by atoms with Crippen molar-refractivity contribution in [3.05, 3.63) is 22.3 Å². The monoisotopic (exact) mass is 285 g/mol. The van der Waals surface area contributed by atoms with E-state index in [1.165, 1.54) is 0 Å². The Labute approximate surface area is 107 Å². The molecule has 2 nitrogen and oxygen atoms in total. The van der Waals surface area contributed by atoms with Crippen molar-refractivity contribution >= 4 is 27.9 Å². The summed E-state index contributed by atoms with van der Waals surface area (Å²) in [5.41, 5.74) is 1.16. The van der Waals surface area contributed by atoms with E-state index in [1.807, 2.05) is 27.0 Å². The van der Waals surface area contributed by atoms with Crippen molar-refractivity contribution in [2.45, 2.75) is 46.5 Å². The number of hydrogen-bond donors (Lipinski definition) is 0. The summed E-state index contributed by atoms with van der Waals surface area (Å²) in [7, 11) is 0.